The number of carbonyl (C=O) groups excluding carboxylic acids is 4. The monoisotopic (exact) mass is 546 g/mol. The summed E-state index contributed by atoms with van der Waals surface area (Å²) in [5.41, 5.74) is 4.25. The van der Waals surface area contributed by atoms with Crippen LogP contribution in [0.3, 0.4) is 0 Å². The van der Waals surface area contributed by atoms with Gasteiger partial charge in [0.1, 0.15) is 0 Å². The smallest absolute Gasteiger partial charge is 0.266 e. The molecule has 0 radical (unpaired) electrons. The zero-order valence-electron chi connectivity index (χ0n) is 22.8. The topological polar surface area (TPSA) is 74.8 Å². The average Bonchev–Trinajstić information content (AvgIpc) is 2.98. The van der Waals surface area contributed by atoms with Gasteiger partial charge in [0.15, 0.2) is 0 Å². The lowest BCUT2D eigenvalue weighted by atomic mass is 9.85. The van der Waals surface area contributed by atoms with Crippen LogP contribution in [0.1, 0.15) is 52.6 Å². The Labute approximate surface area is 240 Å². The van der Waals surface area contributed by atoms with Crippen LogP contribution < -0.4 is 9.80 Å². The minimum atomic E-state index is -0.490. The molecule has 0 spiro atoms. The van der Waals surface area contributed by atoms with Crippen molar-refractivity contribution < 1.29 is 19.2 Å². The van der Waals surface area contributed by atoms with Gasteiger partial charge < -0.3 is 0 Å². The zero-order chi connectivity index (χ0) is 28.9. The number of carbonyl (C=O) groups is 4. The van der Waals surface area contributed by atoms with E-state index in [4.69, 9.17) is 0 Å². The van der Waals surface area contributed by atoms with Crippen molar-refractivity contribution in [1.82, 2.24) is 0 Å². The molecule has 6 aromatic carbocycles. The van der Waals surface area contributed by atoms with E-state index in [0.29, 0.717) is 22.1 Å². The molecule has 0 bridgehead atoms. The number of hydrogen-bond acceptors (Lipinski definition) is 4. The van der Waals surface area contributed by atoms with Crippen molar-refractivity contribution >= 4 is 67.3 Å². The van der Waals surface area contributed by atoms with Crippen molar-refractivity contribution in [3.05, 3.63) is 130 Å². The standard InChI is InChI=1S/C36H22N2O4/c1-19-9-11-23-21(17-19)5-3-7-29(23)37-33(39)25-13-15-27-32-28(16-14-26(31(25)32)34(37)40)36(42)38(35(27)41)30-8-4-6-22-18-20(2)10-12-24(22)30/h3-18H,1-2H3. The number of nitrogens with zero attached hydrogens (tertiary/aromatic N) is 2. The normalized spacial score (nSPS) is 14.5. The molecule has 0 unspecified atom stereocenters. The minimum absolute atomic E-state index is 0.281. The molecular weight excluding hydrogens is 524 g/mol. The van der Waals surface area contributed by atoms with Gasteiger partial charge in [-0.3, -0.25) is 19.2 Å². The third-order valence-electron chi connectivity index (χ3n) is 8.40. The fourth-order valence-electron chi connectivity index (χ4n) is 6.47. The van der Waals surface area contributed by atoms with Crippen LogP contribution in [-0.2, 0) is 0 Å². The first-order chi connectivity index (χ1) is 20.3. The van der Waals surface area contributed by atoms with E-state index >= 15 is 0 Å². The molecule has 0 fully saturated rings. The molecule has 0 saturated heterocycles. The SMILES string of the molecule is Cc1ccc2c(N3C(=O)c4ccc5c6c(ccc(c46)C3=O)C(=O)N(c3cccc4cc(C)ccc34)C5=O)cccc2c1. The molecule has 42 heavy (non-hydrogen) atoms. The number of anilines is 2. The Hall–Kier alpha value is -5.62. The predicted octanol–water partition coefficient (Wildman–Crippen LogP) is 7.36. The predicted molar refractivity (Wildman–Crippen MR) is 164 cm³/mol. The van der Waals surface area contributed by atoms with E-state index in [1.54, 1.807) is 36.4 Å². The Morgan fingerprint density at radius 3 is 1.14 bits per heavy atom. The maximum atomic E-state index is 14.0. The van der Waals surface area contributed by atoms with Gasteiger partial charge >= 0.3 is 0 Å². The lowest BCUT2D eigenvalue weighted by Crippen LogP contribution is -2.43. The molecule has 6 nitrogen and oxygen atoms in total. The van der Waals surface area contributed by atoms with Gasteiger partial charge in [0, 0.05) is 43.8 Å². The Balaban J connectivity index is 1.31. The number of hydrogen-bond donors (Lipinski definition) is 0. The van der Waals surface area contributed by atoms with E-state index in [-0.39, 0.29) is 22.3 Å². The summed E-state index contributed by atoms with van der Waals surface area (Å²) in [5.74, 6) is -1.96. The van der Waals surface area contributed by atoms with Gasteiger partial charge in [-0.05, 0) is 61.0 Å². The van der Waals surface area contributed by atoms with Gasteiger partial charge in [0.25, 0.3) is 23.6 Å². The first-order valence-corrected chi connectivity index (χ1v) is 13.7. The first-order valence-electron chi connectivity index (χ1n) is 13.7. The summed E-state index contributed by atoms with van der Waals surface area (Å²) in [6.07, 6.45) is 0. The van der Waals surface area contributed by atoms with Gasteiger partial charge in [0.2, 0.25) is 0 Å². The van der Waals surface area contributed by atoms with Crippen LogP contribution in [0, 0.1) is 13.8 Å². The number of amides is 4. The summed E-state index contributed by atoms with van der Waals surface area (Å²) < 4.78 is 0. The number of rotatable bonds is 2. The second-order valence-corrected chi connectivity index (χ2v) is 11.0. The summed E-state index contributed by atoms with van der Waals surface area (Å²) >= 11 is 0. The molecule has 0 aliphatic carbocycles. The number of benzene rings is 6. The van der Waals surface area contributed by atoms with Crippen LogP contribution in [0.4, 0.5) is 11.4 Å². The van der Waals surface area contributed by atoms with Crippen molar-refractivity contribution in [2.24, 2.45) is 0 Å². The minimum Gasteiger partial charge on any atom is -0.268 e. The van der Waals surface area contributed by atoms with Crippen molar-refractivity contribution in [2.45, 2.75) is 13.8 Å². The van der Waals surface area contributed by atoms with Gasteiger partial charge in [-0.2, -0.15) is 0 Å². The largest absolute Gasteiger partial charge is 0.268 e. The van der Waals surface area contributed by atoms with Crippen LogP contribution in [0.25, 0.3) is 32.3 Å². The van der Waals surface area contributed by atoms with E-state index in [1.807, 2.05) is 74.5 Å². The molecule has 0 N–H and O–H groups in total. The molecule has 6 heteroatoms. The molecular formula is C36H22N2O4. The maximum Gasteiger partial charge on any atom is 0.266 e. The van der Waals surface area contributed by atoms with E-state index in [9.17, 15) is 19.2 Å². The fourth-order valence-corrected chi connectivity index (χ4v) is 6.47. The number of imide groups is 2. The Morgan fingerprint density at radius 2 is 0.786 bits per heavy atom. The second kappa shape index (κ2) is 8.44. The molecule has 8 rings (SSSR count). The molecule has 0 aromatic heterocycles. The van der Waals surface area contributed by atoms with Crippen molar-refractivity contribution in [3.8, 4) is 0 Å². The first kappa shape index (κ1) is 24.2. The highest BCUT2D eigenvalue weighted by Gasteiger charge is 2.41. The maximum absolute atomic E-state index is 14.0. The Bertz CT molecular complexity index is 2040. The summed E-state index contributed by atoms with van der Waals surface area (Å²) in [5, 5.41) is 4.10. The van der Waals surface area contributed by atoms with Crippen molar-refractivity contribution in [2.75, 3.05) is 9.80 Å². The van der Waals surface area contributed by atoms with Crippen molar-refractivity contribution in [1.29, 1.82) is 0 Å². The molecule has 0 saturated carbocycles. The Kier molecular flexibility index (Phi) is 4.86. The number of fused-ring (bicyclic) bond motifs is 2. The van der Waals surface area contributed by atoms with Gasteiger partial charge in [0.05, 0.1) is 11.4 Å². The molecule has 2 aliphatic rings. The summed E-state index contributed by atoms with van der Waals surface area (Å²) in [7, 11) is 0. The second-order valence-electron chi connectivity index (χ2n) is 11.0. The van der Waals surface area contributed by atoms with E-state index < -0.39 is 23.6 Å². The van der Waals surface area contributed by atoms with Crippen LogP contribution in [0.5, 0.6) is 0 Å². The zero-order valence-corrected chi connectivity index (χ0v) is 22.8. The Morgan fingerprint density at radius 1 is 0.429 bits per heavy atom. The molecule has 6 aromatic rings. The molecule has 2 heterocycles. The van der Waals surface area contributed by atoms with Gasteiger partial charge in [-0.1, -0.05) is 71.8 Å². The highest BCUT2D eigenvalue weighted by Crippen LogP contribution is 2.42. The highest BCUT2D eigenvalue weighted by atomic mass is 16.2. The summed E-state index contributed by atoms with van der Waals surface area (Å²) in [6, 6.07) is 29.2. The molecule has 0 atom stereocenters. The lowest BCUT2D eigenvalue weighted by molar-refractivity contribution is 0.0873. The van der Waals surface area contributed by atoms with Crippen molar-refractivity contribution in [3.63, 3.8) is 0 Å². The van der Waals surface area contributed by atoms with Gasteiger partial charge in [-0.25, -0.2) is 9.80 Å². The lowest BCUT2D eigenvalue weighted by Gasteiger charge is -2.32. The average molecular weight is 547 g/mol. The number of aryl methyl sites for hydroxylation is 2. The van der Waals surface area contributed by atoms with Crippen LogP contribution in [0.2, 0.25) is 0 Å². The third kappa shape index (κ3) is 3.14. The van der Waals surface area contributed by atoms with Crippen LogP contribution >= 0.6 is 0 Å². The van der Waals surface area contributed by atoms with Crippen LogP contribution in [0.15, 0.2) is 97.1 Å². The molecule has 2 aliphatic heterocycles. The molecule has 200 valence electrons. The van der Waals surface area contributed by atoms with E-state index in [1.165, 1.54) is 9.80 Å². The quantitative estimate of drug-likeness (QED) is 0.213. The summed E-state index contributed by atoms with van der Waals surface area (Å²) in [4.78, 5) is 58.4. The molecule has 4 amide bonds. The fraction of sp³-hybridized carbons (Fsp3) is 0.0556. The van der Waals surface area contributed by atoms with E-state index in [0.717, 1.165) is 32.7 Å². The van der Waals surface area contributed by atoms with E-state index in [2.05, 4.69) is 0 Å². The summed E-state index contributed by atoms with van der Waals surface area (Å²) in [6.45, 7) is 3.98. The third-order valence-corrected chi connectivity index (χ3v) is 8.40. The highest BCUT2D eigenvalue weighted by molar-refractivity contribution is 6.43. The van der Waals surface area contributed by atoms with Gasteiger partial charge in [-0.15, -0.1) is 0 Å². The van der Waals surface area contributed by atoms with Crippen LogP contribution in [-0.4, -0.2) is 23.6 Å².